The van der Waals surface area contributed by atoms with Crippen molar-refractivity contribution in [1.29, 1.82) is 0 Å². The summed E-state index contributed by atoms with van der Waals surface area (Å²) in [5.41, 5.74) is 4.33. The Balaban J connectivity index is 1.86. The normalized spacial score (nSPS) is 12.5. The molecule has 180 valence electrons. The molecule has 0 unspecified atom stereocenters. The third-order valence-corrected chi connectivity index (χ3v) is 8.39. The second-order valence-electron chi connectivity index (χ2n) is 8.65. The summed E-state index contributed by atoms with van der Waals surface area (Å²) in [5, 5.41) is 2.95. The zero-order valence-electron chi connectivity index (χ0n) is 20.0. The first-order chi connectivity index (χ1) is 16.1. The van der Waals surface area contributed by atoms with E-state index in [9.17, 15) is 13.2 Å². The summed E-state index contributed by atoms with van der Waals surface area (Å²) in [7, 11) is -3.89. The van der Waals surface area contributed by atoms with Crippen molar-refractivity contribution in [2.24, 2.45) is 0 Å². The lowest BCUT2D eigenvalue weighted by Crippen LogP contribution is -2.42. The van der Waals surface area contributed by atoms with Crippen LogP contribution in [0.2, 0.25) is 0 Å². The van der Waals surface area contributed by atoms with Gasteiger partial charge in [0.05, 0.1) is 17.5 Å². The number of sulfonamides is 1. The maximum absolute atomic E-state index is 13.8. The van der Waals surface area contributed by atoms with Gasteiger partial charge in [0.15, 0.2) is 0 Å². The number of carbonyl (C=O) groups excluding carboxylic acids is 1. The number of benzene rings is 3. The average molecular weight is 544 g/mol. The molecule has 0 bridgehead atoms. The third-order valence-electron chi connectivity index (χ3n) is 5.74. The van der Waals surface area contributed by atoms with Crippen molar-refractivity contribution in [3.63, 3.8) is 0 Å². The summed E-state index contributed by atoms with van der Waals surface area (Å²) in [5.74, 6) is -0.341. The molecular formula is C27H31BrN2O3S. The summed E-state index contributed by atoms with van der Waals surface area (Å²) in [6, 6.07) is 20.9. The quantitative estimate of drug-likeness (QED) is 0.389. The molecule has 1 amide bonds. The van der Waals surface area contributed by atoms with Gasteiger partial charge < -0.3 is 5.32 Å². The molecule has 34 heavy (non-hydrogen) atoms. The van der Waals surface area contributed by atoms with E-state index in [0.717, 1.165) is 21.2 Å². The van der Waals surface area contributed by atoms with Crippen LogP contribution < -0.4 is 5.32 Å². The molecule has 3 rings (SSSR count). The van der Waals surface area contributed by atoms with Crippen molar-refractivity contribution in [3.8, 4) is 0 Å². The molecule has 1 atom stereocenters. The van der Waals surface area contributed by atoms with Gasteiger partial charge in [-0.3, -0.25) is 4.79 Å². The van der Waals surface area contributed by atoms with Crippen LogP contribution in [0.5, 0.6) is 0 Å². The van der Waals surface area contributed by atoms with Gasteiger partial charge in [0.25, 0.3) is 0 Å². The number of aryl methyl sites for hydroxylation is 3. The Morgan fingerprint density at radius 3 is 2.24 bits per heavy atom. The third kappa shape index (κ3) is 6.56. The second-order valence-corrected chi connectivity index (χ2v) is 11.4. The van der Waals surface area contributed by atoms with Gasteiger partial charge in [0, 0.05) is 11.0 Å². The van der Waals surface area contributed by atoms with Crippen molar-refractivity contribution in [2.45, 2.75) is 45.1 Å². The van der Waals surface area contributed by atoms with Crippen LogP contribution in [0.4, 0.5) is 0 Å². The predicted octanol–water partition coefficient (Wildman–Crippen LogP) is 5.49. The first-order valence-corrected chi connectivity index (χ1v) is 13.5. The molecule has 3 aromatic carbocycles. The summed E-state index contributed by atoms with van der Waals surface area (Å²) in [6.45, 7) is 7.39. The molecule has 5 nitrogen and oxygen atoms in total. The van der Waals surface area contributed by atoms with Crippen LogP contribution in [0.25, 0.3) is 0 Å². The SMILES string of the molecule is Cc1cc(C)c(S(=O)(=O)N(CCc2ccccc2)CC(=O)N[C@@H](C)c2cccc(Br)c2)c(C)c1. The van der Waals surface area contributed by atoms with Crippen LogP contribution in [-0.2, 0) is 21.2 Å². The number of hydrogen-bond acceptors (Lipinski definition) is 3. The van der Waals surface area contributed by atoms with Crippen LogP contribution in [-0.4, -0.2) is 31.7 Å². The Hall–Kier alpha value is -2.48. The van der Waals surface area contributed by atoms with Crippen LogP contribution in [0, 0.1) is 20.8 Å². The summed E-state index contributed by atoms with van der Waals surface area (Å²) >= 11 is 3.45. The van der Waals surface area contributed by atoms with Crippen molar-refractivity contribution >= 4 is 31.9 Å². The smallest absolute Gasteiger partial charge is 0.244 e. The minimum Gasteiger partial charge on any atom is -0.348 e. The predicted molar refractivity (Wildman–Crippen MR) is 140 cm³/mol. The van der Waals surface area contributed by atoms with Crippen molar-refractivity contribution in [1.82, 2.24) is 9.62 Å². The number of amides is 1. The molecule has 0 aliphatic rings. The van der Waals surface area contributed by atoms with Gasteiger partial charge in [0.2, 0.25) is 15.9 Å². The van der Waals surface area contributed by atoms with Crippen molar-refractivity contribution in [3.05, 3.63) is 99.0 Å². The molecule has 0 fully saturated rings. The molecular weight excluding hydrogens is 512 g/mol. The first kappa shape index (κ1) is 26.1. The molecule has 0 aliphatic carbocycles. The fourth-order valence-electron chi connectivity index (χ4n) is 4.19. The number of nitrogens with zero attached hydrogens (tertiary/aromatic N) is 1. The topological polar surface area (TPSA) is 66.5 Å². The summed E-state index contributed by atoms with van der Waals surface area (Å²) in [6.07, 6.45) is 0.512. The zero-order chi connectivity index (χ0) is 24.9. The number of carbonyl (C=O) groups is 1. The van der Waals surface area contributed by atoms with Crippen molar-refractivity contribution < 1.29 is 13.2 Å². The van der Waals surface area contributed by atoms with Crippen LogP contribution in [0.15, 0.2) is 76.1 Å². The highest BCUT2D eigenvalue weighted by Crippen LogP contribution is 2.26. The minimum absolute atomic E-state index is 0.206. The standard InChI is InChI=1S/C27H31BrN2O3S/c1-19-15-20(2)27(21(3)16-19)34(32,33)30(14-13-23-9-6-5-7-10-23)18-26(31)29-22(4)24-11-8-12-25(28)17-24/h5-12,15-17,22H,13-14,18H2,1-4H3,(H,29,31)/t22-/m0/s1. The molecule has 0 saturated heterocycles. The fourth-order valence-corrected chi connectivity index (χ4v) is 6.42. The molecule has 0 saturated carbocycles. The highest BCUT2D eigenvalue weighted by molar-refractivity contribution is 9.10. The fraction of sp³-hybridized carbons (Fsp3) is 0.296. The number of nitrogens with one attached hydrogen (secondary N) is 1. The van der Waals surface area contributed by atoms with E-state index in [2.05, 4.69) is 21.2 Å². The zero-order valence-corrected chi connectivity index (χ0v) is 22.4. The van der Waals surface area contributed by atoms with Crippen LogP contribution in [0.1, 0.15) is 40.8 Å². The number of halogens is 1. The van der Waals surface area contributed by atoms with E-state index >= 15 is 0 Å². The monoisotopic (exact) mass is 542 g/mol. The molecule has 1 N–H and O–H groups in total. The molecule has 0 spiro atoms. The van der Waals surface area contributed by atoms with Gasteiger partial charge in [-0.2, -0.15) is 4.31 Å². The highest BCUT2D eigenvalue weighted by Gasteiger charge is 2.30. The van der Waals surface area contributed by atoms with E-state index in [4.69, 9.17) is 0 Å². The van der Waals surface area contributed by atoms with E-state index in [-0.39, 0.29) is 29.9 Å². The Bertz CT molecular complexity index is 1240. The lowest BCUT2D eigenvalue weighted by molar-refractivity contribution is -0.121. The van der Waals surface area contributed by atoms with Gasteiger partial charge in [0.1, 0.15) is 0 Å². The molecule has 7 heteroatoms. The van der Waals surface area contributed by atoms with Gasteiger partial charge in [-0.05, 0) is 68.5 Å². The summed E-state index contributed by atoms with van der Waals surface area (Å²) < 4.78 is 29.8. The molecule has 0 heterocycles. The largest absolute Gasteiger partial charge is 0.348 e. The highest BCUT2D eigenvalue weighted by atomic mass is 79.9. The Morgan fingerprint density at radius 1 is 0.971 bits per heavy atom. The van der Waals surface area contributed by atoms with E-state index in [0.29, 0.717) is 17.5 Å². The van der Waals surface area contributed by atoms with E-state index < -0.39 is 10.0 Å². The molecule has 3 aromatic rings. The maximum atomic E-state index is 13.8. The van der Waals surface area contributed by atoms with E-state index in [1.165, 1.54) is 4.31 Å². The van der Waals surface area contributed by atoms with Crippen molar-refractivity contribution in [2.75, 3.05) is 13.1 Å². The van der Waals surface area contributed by atoms with E-state index in [1.54, 1.807) is 13.8 Å². The minimum atomic E-state index is -3.89. The Labute approximate surface area is 211 Å². The summed E-state index contributed by atoms with van der Waals surface area (Å²) in [4.78, 5) is 13.3. The van der Waals surface area contributed by atoms with Gasteiger partial charge in [-0.25, -0.2) is 8.42 Å². The lowest BCUT2D eigenvalue weighted by atomic mass is 10.1. The van der Waals surface area contributed by atoms with Gasteiger partial charge in [-0.1, -0.05) is 76.1 Å². The molecule has 0 radical (unpaired) electrons. The van der Waals surface area contributed by atoms with Gasteiger partial charge >= 0.3 is 0 Å². The average Bonchev–Trinajstić information content (AvgIpc) is 2.76. The van der Waals surface area contributed by atoms with E-state index in [1.807, 2.05) is 80.6 Å². The first-order valence-electron chi connectivity index (χ1n) is 11.2. The second kappa shape index (κ2) is 11.3. The Morgan fingerprint density at radius 2 is 1.62 bits per heavy atom. The van der Waals surface area contributed by atoms with Crippen LogP contribution >= 0.6 is 15.9 Å². The Kier molecular flexibility index (Phi) is 8.68. The van der Waals surface area contributed by atoms with Crippen LogP contribution in [0.3, 0.4) is 0 Å². The number of hydrogen-bond donors (Lipinski definition) is 1. The van der Waals surface area contributed by atoms with Gasteiger partial charge in [-0.15, -0.1) is 0 Å². The molecule has 0 aromatic heterocycles. The lowest BCUT2D eigenvalue weighted by Gasteiger charge is -2.25. The number of rotatable bonds is 9. The maximum Gasteiger partial charge on any atom is 0.244 e. The molecule has 0 aliphatic heterocycles.